The smallest absolute Gasteiger partial charge is 0.225 e. The van der Waals surface area contributed by atoms with E-state index in [0.717, 1.165) is 16.7 Å². The molecule has 4 N–H and O–H groups in total. The van der Waals surface area contributed by atoms with E-state index in [4.69, 9.17) is 10.2 Å². The molecule has 0 spiro atoms. The van der Waals surface area contributed by atoms with Crippen LogP contribution in [0.2, 0.25) is 0 Å². The molecule has 2 aromatic rings. The molecule has 6 heteroatoms. The fourth-order valence-corrected chi connectivity index (χ4v) is 1.86. The Morgan fingerprint density at radius 2 is 1.60 bits per heavy atom. The van der Waals surface area contributed by atoms with Gasteiger partial charge in [0, 0.05) is 31.7 Å². The van der Waals surface area contributed by atoms with E-state index in [9.17, 15) is 0 Å². The van der Waals surface area contributed by atoms with Gasteiger partial charge in [-0.1, -0.05) is 12.1 Å². The number of nitrogens with one attached hydrogen (secondary N) is 2. The molecule has 0 amide bonds. The molecule has 0 radical (unpaired) electrons. The summed E-state index contributed by atoms with van der Waals surface area (Å²) >= 11 is 0. The van der Waals surface area contributed by atoms with E-state index in [1.165, 1.54) is 0 Å². The third-order valence-corrected chi connectivity index (χ3v) is 2.85. The van der Waals surface area contributed by atoms with Gasteiger partial charge in [0.1, 0.15) is 5.82 Å². The minimum Gasteiger partial charge on any atom is -0.396 e. The van der Waals surface area contributed by atoms with Crippen molar-refractivity contribution in [1.82, 2.24) is 9.97 Å². The zero-order valence-corrected chi connectivity index (χ0v) is 11.3. The standard InChI is InChI=1S/C14H20N4O2/c19-9-3-7-15-13-11-5-1-2-6-12(11)17-14(18-13)16-8-4-10-20/h1-2,5-6,19-20H,3-4,7-10H2,(H2,15,16,17,18). The van der Waals surface area contributed by atoms with Crippen LogP contribution >= 0.6 is 0 Å². The Morgan fingerprint density at radius 1 is 0.900 bits per heavy atom. The quantitative estimate of drug-likeness (QED) is 0.542. The second-order valence-electron chi connectivity index (χ2n) is 4.42. The van der Waals surface area contributed by atoms with E-state index < -0.39 is 0 Å². The summed E-state index contributed by atoms with van der Waals surface area (Å²) in [6, 6.07) is 7.78. The average Bonchev–Trinajstić information content (AvgIpc) is 2.48. The fourth-order valence-electron chi connectivity index (χ4n) is 1.86. The van der Waals surface area contributed by atoms with Crippen molar-refractivity contribution in [2.75, 3.05) is 36.9 Å². The number of aliphatic hydroxyl groups is 2. The Balaban J connectivity index is 2.21. The van der Waals surface area contributed by atoms with Crippen LogP contribution in [-0.4, -0.2) is 46.5 Å². The van der Waals surface area contributed by atoms with E-state index in [-0.39, 0.29) is 13.2 Å². The molecule has 0 saturated carbocycles. The monoisotopic (exact) mass is 276 g/mol. The SMILES string of the molecule is OCCCNc1nc(NCCCO)c2ccccc2n1. The summed E-state index contributed by atoms with van der Waals surface area (Å²) in [5.74, 6) is 1.30. The number of hydrogen-bond acceptors (Lipinski definition) is 6. The van der Waals surface area contributed by atoms with Gasteiger partial charge in [-0.05, 0) is 25.0 Å². The summed E-state index contributed by atoms with van der Waals surface area (Å²) in [5.41, 5.74) is 0.862. The lowest BCUT2D eigenvalue weighted by atomic mass is 10.2. The lowest BCUT2D eigenvalue weighted by Crippen LogP contribution is -2.10. The van der Waals surface area contributed by atoms with Crippen LogP contribution in [0.1, 0.15) is 12.8 Å². The maximum absolute atomic E-state index is 8.85. The van der Waals surface area contributed by atoms with Crippen LogP contribution in [0.3, 0.4) is 0 Å². The zero-order chi connectivity index (χ0) is 14.2. The zero-order valence-electron chi connectivity index (χ0n) is 11.3. The highest BCUT2D eigenvalue weighted by molar-refractivity contribution is 5.89. The number of para-hydroxylation sites is 1. The van der Waals surface area contributed by atoms with Gasteiger partial charge >= 0.3 is 0 Å². The van der Waals surface area contributed by atoms with Crippen LogP contribution in [0, 0.1) is 0 Å². The first-order chi connectivity index (χ1) is 9.85. The van der Waals surface area contributed by atoms with Gasteiger partial charge in [-0.2, -0.15) is 4.98 Å². The van der Waals surface area contributed by atoms with Crippen LogP contribution in [-0.2, 0) is 0 Å². The molecule has 0 atom stereocenters. The largest absolute Gasteiger partial charge is 0.396 e. The molecular formula is C14H20N4O2. The van der Waals surface area contributed by atoms with E-state index in [0.29, 0.717) is 31.9 Å². The molecule has 0 fully saturated rings. The fraction of sp³-hybridized carbons (Fsp3) is 0.429. The third-order valence-electron chi connectivity index (χ3n) is 2.85. The molecule has 1 heterocycles. The predicted octanol–water partition coefficient (Wildman–Crippen LogP) is 1.22. The van der Waals surface area contributed by atoms with E-state index >= 15 is 0 Å². The molecule has 20 heavy (non-hydrogen) atoms. The number of rotatable bonds is 8. The molecular weight excluding hydrogens is 256 g/mol. The highest BCUT2D eigenvalue weighted by Crippen LogP contribution is 2.21. The first-order valence-corrected chi connectivity index (χ1v) is 6.81. The maximum atomic E-state index is 8.85. The van der Waals surface area contributed by atoms with Crippen molar-refractivity contribution in [1.29, 1.82) is 0 Å². The Hall–Kier alpha value is -1.92. The second-order valence-corrected chi connectivity index (χ2v) is 4.42. The van der Waals surface area contributed by atoms with Crippen molar-refractivity contribution >= 4 is 22.7 Å². The summed E-state index contributed by atoms with van der Waals surface area (Å²) in [4.78, 5) is 8.89. The minimum atomic E-state index is 0.141. The molecule has 0 aliphatic rings. The van der Waals surface area contributed by atoms with Crippen LogP contribution < -0.4 is 10.6 Å². The topological polar surface area (TPSA) is 90.3 Å². The van der Waals surface area contributed by atoms with Gasteiger partial charge in [-0.15, -0.1) is 0 Å². The average molecular weight is 276 g/mol. The van der Waals surface area contributed by atoms with Crippen LogP contribution in [0.5, 0.6) is 0 Å². The minimum absolute atomic E-state index is 0.141. The Kier molecular flexibility index (Phi) is 5.52. The molecule has 0 bridgehead atoms. The van der Waals surface area contributed by atoms with Gasteiger partial charge in [0.05, 0.1) is 5.52 Å². The number of benzene rings is 1. The normalized spacial score (nSPS) is 10.7. The van der Waals surface area contributed by atoms with Crippen LogP contribution in [0.4, 0.5) is 11.8 Å². The molecule has 0 unspecified atom stereocenters. The van der Waals surface area contributed by atoms with Gasteiger partial charge in [0.15, 0.2) is 0 Å². The Morgan fingerprint density at radius 3 is 2.35 bits per heavy atom. The third kappa shape index (κ3) is 3.79. The van der Waals surface area contributed by atoms with Gasteiger partial charge in [-0.25, -0.2) is 4.98 Å². The molecule has 0 aliphatic heterocycles. The molecule has 1 aromatic carbocycles. The second kappa shape index (κ2) is 7.62. The molecule has 0 saturated heterocycles. The van der Waals surface area contributed by atoms with E-state index in [1.807, 2.05) is 24.3 Å². The van der Waals surface area contributed by atoms with Gasteiger partial charge in [0.25, 0.3) is 0 Å². The highest BCUT2D eigenvalue weighted by Gasteiger charge is 2.06. The van der Waals surface area contributed by atoms with Crippen molar-refractivity contribution in [2.45, 2.75) is 12.8 Å². The summed E-state index contributed by atoms with van der Waals surface area (Å²) < 4.78 is 0. The molecule has 0 aliphatic carbocycles. The van der Waals surface area contributed by atoms with Gasteiger partial charge in [-0.3, -0.25) is 0 Å². The van der Waals surface area contributed by atoms with Crippen molar-refractivity contribution in [3.63, 3.8) is 0 Å². The van der Waals surface area contributed by atoms with Crippen LogP contribution in [0.25, 0.3) is 10.9 Å². The summed E-state index contributed by atoms with van der Waals surface area (Å²) in [5, 5.41) is 24.9. The maximum Gasteiger partial charge on any atom is 0.225 e. The summed E-state index contributed by atoms with van der Waals surface area (Å²) in [7, 11) is 0. The number of aromatic nitrogens is 2. The van der Waals surface area contributed by atoms with Gasteiger partial charge in [0.2, 0.25) is 5.95 Å². The number of hydrogen-bond donors (Lipinski definition) is 4. The lowest BCUT2D eigenvalue weighted by Gasteiger charge is -2.11. The predicted molar refractivity (Wildman–Crippen MR) is 79.9 cm³/mol. The van der Waals surface area contributed by atoms with Crippen LogP contribution in [0.15, 0.2) is 24.3 Å². The van der Waals surface area contributed by atoms with Crippen molar-refractivity contribution < 1.29 is 10.2 Å². The first kappa shape index (κ1) is 14.5. The number of nitrogens with zero attached hydrogens (tertiary/aromatic N) is 2. The van der Waals surface area contributed by atoms with Crippen molar-refractivity contribution in [3.8, 4) is 0 Å². The van der Waals surface area contributed by atoms with Crippen molar-refractivity contribution in [3.05, 3.63) is 24.3 Å². The number of aliphatic hydroxyl groups excluding tert-OH is 2. The Bertz CT molecular complexity index is 548. The summed E-state index contributed by atoms with van der Waals surface area (Å²) in [6.07, 6.45) is 1.33. The van der Waals surface area contributed by atoms with E-state index in [2.05, 4.69) is 20.6 Å². The number of anilines is 2. The molecule has 1 aromatic heterocycles. The van der Waals surface area contributed by atoms with E-state index in [1.54, 1.807) is 0 Å². The molecule has 6 nitrogen and oxygen atoms in total. The molecule has 108 valence electrons. The lowest BCUT2D eigenvalue weighted by molar-refractivity contribution is 0.292. The first-order valence-electron chi connectivity index (χ1n) is 6.81. The highest BCUT2D eigenvalue weighted by atomic mass is 16.3. The van der Waals surface area contributed by atoms with Crippen molar-refractivity contribution in [2.24, 2.45) is 0 Å². The summed E-state index contributed by atoms with van der Waals surface area (Å²) in [6.45, 7) is 1.58. The Labute approximate surface area is 117 Å². The number of fused-ring (bicyclic) bond motifs is 1. The molecule has 2 rings (SSSR count). The van der Waals surface area contributed by atoms with Gasteiger partial charge < -0.3 is 20.8 Å².